The lowest BCUT2D eigenvalue weighted by atomic mass is 9.46. The topological polar surface area (TPSA) is 77.4 Å². The summed E-state index contributed by atoms with van der Waals surface area (Å²) in [6, 6.07) is 0. The lowest BCUT2D eigenvalue weighted by Crippen LogP contribution is -2.55. The SMILES string of the molecule is CC(=O)[C@@]1(C)[C@H](CC(=O)[O-])CC[C@H]2[C@@H]3CC[C@H](O)[C@@]3(C)CC[C@@H]21. The molecule has 3 saturated carbocycles. The lowest BCUT2D eigenvalue weighted by molar-refractivity contribution is -0.308. The predicted molar refractivity (Wildman–Crippen MR) is 84.2 cm³/mol. The van der Waals surface area contributed by atoms with E-state index in [1.165, 1.54) is 0 Å². The van der Waals surface area contributed by atoms with E-state index >= 15 is 0 Å². The van der Waals surface area contributed by atoms with Gasteiger partial charge >= 0.3 is 0 Å². The molecule has 0 radical (unpaired) electrons. The maximum atomic E-state index is 12.5. The van der Waals surface area contributed by atoms with Crippen molar-refractivity contribution in [3.05, 3.63) is 0 Å². The Bertz CT molecular complexity index is 515. The fourth-order valence-electron chi connectivity index (χ4n) is 6.47. The van der Waals surface area contributed by atoms with Crippen LogP contribution in [0.2, 0.25) is 0 Å². The quantitative estimate of drug-likeness (QED) is 0.861. The van der Waals surface area contributed by atoms with Gasteiger partial charge in [0, 0.05) is 11.4 Å². The highest BCUT2D eigenvalue weighted by Gasteiger charge is 2.60. The molecular formula is C19H29O4-. The van der Waals surface area contributed by atoms with Crippen LogP contribution in [0.15, 0.2) is 0 Å². The summed E-state index contributed by atoms with van der Waals surface area (Å²) in [5, 5.41) is 21.6. The molecular weight excluding hydrogens is 292 g/mol. The first-order valence-corrected chi connectivity index (χ1v) is 9.10. The van der Waals surface area contributed by atoms with Crippen molar-refractivity contribution in [2.45, 2.75) is 71.8 Å². The van der Waals surface area contributed by atoms with E-state index in [0.717, 1.165) is 38.5 Å². The Labute approximate surface area is 138 Å². The maximum absolute atomic E-state index is 12.5. The smallest absolute Gasteiger partial charge is 0.136 e. The first-order valence-electron chi connectivity index (χ1n) is 9.10. The minimum absolute atomic E-state index is 0.0101. The number of carboxylic acid groups (broad SMARTS) is 1. The number of aliphatic hydroxyl groups is 1. The molecule has 4 nitrogen and oxygen atoms in total. The van der Waals surface area contributed by atoms with Crippen molar-refractivity contribution < 1.29 is 19.8 Å². The number of carbonyl (C=O) groups is 2. The van der Waals surface area contributed by atoms with Crippen molar-refractivity contribution >= 4 is 11.8 Å². The molecule has 7 atom stereocenters. The Morgan fingerprint density at radius 2 is 1.78 bits per heavy atom. The normalized spacial score (nSPS) is 49.3. The van der Waals surface area contributed by atoms with Crippen molar-refractivity contribution in [3.63, 3.8) is 0 Å². The molecule has 3 aliphatic rings. The van der Waals surface area contributed by atoms with E-state index in [9.17, 15) is 19.8 Å². The van der Waals surface area contributed by atoms with Crippen LogP contribution in [0.3, 0.4) is 0 Å². The zero-order chi connectivity index (χ0) is 17.0. The van der Waals surface area contributed by atoms with Gasteiger partial charge < -0.3 is 15.0 Å². The molecule has 0 amide bonds. The van der Waals surface area contributed by atoms with E-state index in [-0.39, 0.29) is 35.6 Å². The summed E-state index contributed by atoms with van der Waals surface area (Å²) in [7, 11) is 0. The lowest BCUT2D eigenvalue weighted by Gasteiger charge is -2.58. The maximum Gasteiger partial charge on any atom is 0.136 e. The van der Waals surface area contributed by atoms with Crippen LogP contribution in [-0.2, 0) is 9.59 Å². The number of fused-ring (bicyclic) bond motifs is 3. The molecule has 0 unspecified atom stereocenters. The summed E-state index contributed by atoms with van der Waals surface area (Å²) in [4.78, 5) is 23.7. The van der Waals surface area contributed by atoms with Crippen molar-refractivity contribution in [1.82, 2.24) is 0 Å². The second-order valence-electron chi connectivity index (χ2n) is 8.70. The van der Waals surface area contributed by atoms with Crippen LogP contribution < -0.4 is 5.11 Å². The fraction of sp³-hybridized carbons (Fsp3) is 0.895. The van der Waals surface area contributed by atoms with Crippen LogP contribution >= 0.6 is 0 Å². The molecule has 1 N–H and O–H groups in total. The van der Waals surface area contributed by atoms with Gasteiger partial charge in [0.15, 0.2) is 0 Å². The van der Waals surface area contributed by atoms with Gasteiger partial charge in [-0.05, 0) is 81.0 Å². The summed E-state index contributed by atoms with van der Waals surface area (Å²) in [5.41, 5.74) is -0.572. The van der Waals surface area contributed by atoms with Gasteiger partial charge in [-0.3, -0.25) is 4.79 Å². The average Bonchev–Trinajstić information content (AvgIpc) is 2.77. The standard InChI is InChI=1S/C19H30O4/c1-11(20)19(3)12(10-17(22)23)4-5-13-14-6-7-16(21)18(14,2)9-8-15(13)19/h12-16,21H,4-10H2,1-3H3,(H,22,23)/p-1/t12-,13-,14-,15-,16-,18-,19-/m0/s1. The second-order valence-corrected chi connectivity index (χ2v) is 8.70. The van der Waals surface area contributed by atoms with Gasteiger partial charge in [-0.15, -0.1) is 0 Å². The van der Waals surface area contributed by atoms with E-state index in [0.29, 0.717) is 11.8 Å². The molecule has 0 aromatic carbocycles. The zero-order valence-corrected chi connectivity index (χ0v) is 14.5. The summed E-state index contributed by atoms with van der Waals surface area (Å²) in [6.45, 7) is 5.83. The molecule has 3 rings (SSSR count). The highest BCUT2D eigenvalue weighted by Crippen LogP contribution is 2.64. The Hall–Kier alpha value is -0.900. The third kappa shape index (κ3) is 2.36. The van der Waals surface area contributed by atoms with Crippen molar-refractivity contribution in [3.8, 4) is 0 Å². The number of hydrogen-bond acceptors (Lipinski definition) is 4. The highest BCUT2D eigenvalue weighted by atomic mass is 16.4. The number of hydrogen-bond donors (Lipinski definition) is 1. The Morgan fingerprint density at radius 3 is 2.39 bits per heavy atom. The molecule has 0 bridgehead atoms. The van der Waals surface area contributed by atoms with E-state index in [4.69, 9.17) is 0 Å². The van der Waals surface area contributed by atoms with E-state index < -0.39 is 11.4 Å². The molecule has 3 fully saturated rings. The molecule has 130 valence electrons. The van der Waals surface area contributed by atoms with E-state index in [1.54, 1.807) is 6.92 Å². The number of Topliss-reactive ketones (excluding diaryl/α,β-unsaturated/α-hetero) is 1. The minimum Gasteiger partial charge on any atom is -0.550 e. The highest BCUT2D eigenvalue weighted by molar-refractivity contribution is 5.83. The predicted octanol–water partition coefficient (Wildman–Crippen LogP) is 1.94. The summed E-state index contributed by atoms with van der Waals surface area (Å²) in [5.74, 6) is 0.137. The minimum atomic E-state index is -1.04. The third-order valence-corrected chi connectivity index (χ3v) is 8.03. The number of ketones is 1. The zero-order valence-electron chi connectivity index (χ0n) is 14.5. The Balaban J connectivity index is 1.93. The van der Waals surface area contributed by atoms with Gasteiger partial charge in [0.1, 0.15) is 5.78 Å². The molecule has 23 heavy (non-hydrogen) atoms. The first-order chi connectivity index (χ1) is 10.7. The Kier molecular flexibility index (Phi) is 4.11. The van der Waals surface area contributed by atoms with Gasteiger partial charge in [0.05, 0.1) is 6.10 Å². The van der Waals surface area contributed by atoms with Gasteiger partial charge in [-0.25, -0.2) is 0 Å². The number of rotatable bonds is 3. The van der Waals surface area contributed by atoms with Crippen LogP contribution in [0.5, 0.6) is 0 Å². The average molecular weight is 321 g/mol. The number of aliphatic carboxylic acids is 1. The number of carboxylic acids is 1. The van der Waals surface area contributed by atoms with E-state index in [1.807, 2.05) is 6.92 Å². The molecule has 3 aliphatic carbocycles. The van der Waals surface area contributed by atoms with Crippen LogP contribution in [0, 0.1) is 34.5 Å². The van der Waals surface area contributed by atoms with Gasteiger partial charge in [-0.2, -0.15) is 0 Å². The van der Waals surface area contributed by atoms with Crippen molar-refractivity contribution in [2.24, 2.45) is 34.5 Å². The molecule has 0 aromatic rings. The molecule has 0 heterocycles. The third-order valence-electron chi connectivity index (χ3n) is 8.03. The van der Waals surface area contributed by atoms with E-state index in [2.05, 4.69) is 6.92 Å². The number of carbonyl (C=O) groups excluding carboxylic acids is 2. The monoisotopic (exact) mass is 321 g/mol. The first kappa shape index (κ1) is 16.9. The largest absolute Gasteiger partial charge is 0.550 e. The van der Waals surface area contributed by atoms with Crippen LogP contribution in [0.4, 0.5) is 0 Å². The number of aliphatic hydroxyl groups excluding tert-OH is 1. The van der Waals surface area contributed by atoms with Crippen LogP contribution in [0.25, 0.3) is 0 Å². The second kappa shape index (κ2) is 5.58. The molecule has 0 saturated heterocycles. The summed E-state index contributed by atoms with van der Waals surface area (Å²) in [6.07, 6.45) is 5.31. The van der Waals surface area contributed by atoms with Crippen molar-refractivity contribution in [1.29, 1.82) is 0 Å². The van der Waals surface area contributed by atoms with Crippen LogP contribution in [-0.4, -0.2) is 23.0 Å². The van der Waals surface area contributed by atoms with Gasteiger partial charge in [-0.1, -0.05) is 13.8 Å². The van der Waals surface area contributed by atoms with Gasteiger partial charge in [0.2, 0.25) is 0 Å². The molecule has 0 spiro atoms. The van der Waals surface area contributed by atoms with Crippen LogP contribution in [0.1, 0.15) is 65.7 Å². The molecule has 4 heteroatoms. The summed E-state index contributed by atoms with van der Waals surface area (Å²) < 4.78 is 0. The van der Waals surface area contributed by atoms with Gasteiger partial charge in [0.25, 0.3) is 0 Å². The molecule has 0 aromatic heterocycles. The fourth-order valence-corrected chi connectivity index (χ4v) is 6.47. The Morgan fingerprint density at radius 1 is 1.09 bits per heavy atom. The summed E-state index contributed by atoms with van der Waals surface area (Å²) >= 11 is 0. The molecule has 0 aliphatic heterocycles. The van der Waals surface area contributed by atoms with Crippen molar-refractivity contribution in [2.75, 3.05) is 0 Å².